The SMILES string of the molecule is Cc1cccc([C@@H](NS(=O)C(C)(C)C)C(=O)OC(C)C)c1. The lowest BCUT2D eigenvalue weighted by atomic mass is 10.1. The molecule has 0 fully saturated rings. The molecule has 1 aromatic rings. The van der Waals surface area contributed by atoms with Gasteiger partial charge in [-0.25, -0.2) is 13.7 Å². The normalized spacial score (nSPS) is 14.8. The summed E-state index contributed by atoms with van der Waals surface area (Å²) in [4.78, 5) is 12.3. The number of ether oxygens (including phenoxy) is 1. The van der Waals surface area contributed by atoms with E-state index in [1.807, 2.05) is 52.0 Å². The van der Waals surface area contributed by atoms with Crippen LogP contribution in [0.2, 0.25) is 0 Å². The van der Waals surface area contributed by atoms with Crippen LogP contribution in [0.15, 0.2) is 24.3 Å². The first kappa shape index (κ1) is 17.9. The van der Waals surface area contributed by atoms with Crippen molar-refractivity contribution in [3.05, 3.63) is 35.4 Å². The highest BCUT2D eigenvalue weighted by Gasteiger charge is 2.29. The number of rotatable bonds is 5. The Morgan fingerprint density at radius 3 is 2.38 bits per heavy atom. The Kier molecular flexibility index (Phi) is 6.10. The summed E-state index contributed by atoms with van der Waals surface area (Å²) in [5, 5.41) is 0. The second-order valence-electron chi connectivity index (χ2n) is 6.33. The molecule has 0 saturated heterocycles. The average Bonchev–Trinajstić information content (AvgIpc) is 2.33. The maximum atomic E-state index is 12.3. The topological polar surface area (TPSA) is 55.4 Å². The van der Waals surface area contributed by atoms with Gasteiger partial charge in [-0.05, 0) is 47.1 Å². The molecule has 118 valence electrons. The second-order valence-corrected chi connectivity index (χ2v) is 8.33. The summed E-state index contributed by atoms with van der Waals surface area (Å²) >= 11 is 0. The van der Waals surface area contributed by atoms with Crippen molar-refractivity contribution >= 4 is 17.0 Å². The van der Waals surface area contributed by atoms with Gasteiger partial charge in [-0.3, -0.25) is 0 Å². The summed E-state index contributed by atoms with van der Waals surface area (Å²) in [6.45, 7) is 11.1. The van der Waals surface area contributed by atoms with E-state index >= 15 is 0 Å². The number of carbonyl (C=O) groups excluding carboxylic acids is 1. The van der Waals surface area contributed by atoms with Crippen molar-refractivity contribution < 1.29 is 13.7 Å². The van der Waals surface area contributed by atoms with Gasteiger partial charge in [0.25, 0.3) is 0 Å². The van der Waals surface area contributed by atoms with Crippen LogP contribution in [0.4, 0.5) is 0 Å². The molecular weight excluding hydrogens is 286 g/mol. The minimum atomic E-state index is -1.36. The van der Waals surface area contributed by atoms with Gasteiger partial charge < -0.3 is 4.74 Å². The maximum Gasteiger partial charge on any atom is 0.328 e. The first-order chi connectivity index (χ1) is 9.61. The molecule has 0 bridgehead atoms. The Bertz CT molecular complexity index is 520. The van der Waals surface area contributed by atoms with Crippen LogP contribution in [0.3, 0.4) is 0 Å². The molecule has 0 aliphatic carbocycles. The van der Waals surface area contributed by atoms with Gasteiger partial charge in [0.15, 0.2) is 0 Å². The molecular formula is C16H25NO3S. The van der Waals surface area contributed by atoms with Gasteiger partial charge in [0, 0.05) is 0 Å². The lowest BCUT2D eigenvalue weighted by Crippen LogP contribution is -2.39. The van der Waals surface area contributed by atoms with E-state index in [9.17, 15) is 9.00 Å². The highest BCUT2D eigenvalue weighted by atomic mass is 32.2. The zero-order chi connectivity index (χ0) is 16.2. The van der Waals surface area contributed by atoms with Gasteiger partial charge in [-0.1, -0.05) is 29.8 Å². The van der Waals surface area contributed by atoms with E-state index in [0.29, 0.717) is 0 Å². The lowest BCUT2D eigenvalue weighted by Gasteiger charge is -2.24. The quantitative estimate of drug-likeness (QED) is 0.850. The Hall–Kier alpha value is -1.20. The Balaban J connectivity index is 3.06. The summed E-state index contributed by atoms with van der Waals surface area (Å²) in [5.74, 6) is -0.409. The molecule has 21 heavy (non-hydrogen) atoms. The number of hydrogen-bond donors (Lipinski definition) is 1. The van der Waals surface area contributed by atoms with Crippen LogP contribution in [0.1, 0.15) is 51.8 Å². The molecule has 1 rings (SSSR count). The maximum absolute atomic E-state index is 12.3. The number of aryl methyl sites for hydroxylation is 1. The highest BCUT2D eigenvalue weighted by Crippen LogP contribution is 2.20. The van der Waals surface area contributed by atoms with Gasteiger partial charge in [0.05, 0.1) is 21.8 Å². The second kappa shape index (κ2) is 7.18. The van der Waals surface area contributed by atoms with E-state index < -0.39 is 27.7 Å². The molecule has 1 aromatic carbocycles. The molecule has 0 spiro atoms. The molecule has 0 heterocycles. The van der Waals surface area contributed by atoms with E-state index in [-0.39, 0.29) is 6.10 Å². The fraction of sp³-hybridized carbons (Fsp3) is 0.562. The average molecular weight is 311 g/mol. The van der Waals surface area contributed by atoms with E-state index in [2.05, 4.69) is 4.72 Å². The van der Waals surface area contributed by atoms with E-state index in [0.717, 1.165) is 11.1 Å². The molecule has 0 amide bonds. The molecule has 0 aliphatic heterocycles. The highest BCUT2D eigenvalue weighted by molar-refractivity contribution is 7.84. The van der Waals surface area contributed by atoms with Gasteiger partial charge in [-0.15, -0.1) is 0 Å². The smallest absolute Gasteiger partial charge is 0.328 e. The Morgan fingerprint density at radius 1 is 1.29 bits per heavy atom. The van der Waals surface area contributed by atoms with E-state index in [1.165, 1.54) is 0 Å². The summed E-state index contributed by atoms with van der Waals surface area (Å²) in [5.41, 5.74) is 1.80. The minimum Gasteiger partial charge on any atom is -0.462 e. The van der Waals surface area contributed by atoms with Crippen LogP contribution in [0.5, 0.6) is 0 Å². The van der Waals surface area contributed by atoms with Crippen molar-refractivity contribution in [3.63, 3.8) is 0 Å². The largest absolute Gasteiger partial charge is 0.462 e. The fourth-order valence-electron chi connectivity index (χ4n) is 1.69. The van der Waals surface area contributed by atoms with Crippen molar-refractivity contribution in [2.24, 2.45) is 0 Å². The molecule has 0 saturated carbocycles. The molecule has 0 aliphatic rings. The number of hydrogen-bond acceptors (Lipinski definition) is 3. The van der Waals surface area contributed by atoms with Crippen molar-refractivity contribution in [1.82, 2.24) is 4.72 Å². The number of esters is 1. The third-order valence-corrected chi connectivity index (χ3v) is 4.31. The van der Waals surface area contributed by atoms with Crippen LogP contribution in [-0.4, -0.2) is 21.0 Å². The third-order valence-electron chi connectivity index (χ3n) is 2.74. The number of carbonyl (C=O) groups is 1. The van der Waals surface area contributed by atoms with Crippen molar-refractivity contribution in [2.45, 2.75) is 58.4 Å². The molecule has 1 unspecified atom stereocenters. The van der Waals surface area contributed by atoms with Gasteiger partial charge >= 0.3 is 5.97 Å². The molecule has 2 atom stereocenters. The molecule has 0 radical (unpaired) electrons. The van der Waals surface area contributed by atoms with Crippen molar-refractivity contribution in [3.8, 4) is 0 Å². The first-order valence-electron chi connectivity index (χ1n) is 7.06. The Labute approximate surface area is 129 Å². The number of benzene rings is 1. The molecule has 0 aromatic heterocycles. The summed E-state index contributed by atoms with van der Waals surface area (Å²) < 4.78 is 20.0. The predicted octanol–water partition coefficient (Wildman–Crippen LogP) is 3.04. The van der Waals surface area contributed by atoms with Crippen LogP contribution in [0.25, 0.3) is 0 Å². The molecule has 5 heteroatoms. The molecule has 1 N–H and O–H groups in total. The van der Waals surface area contributed by atoms with Gasteiger partial charge in [0.1, 0.15) is 6.04 Å². The van der Waals surface area contributed by atoms with Gasteiger partial charge in [-0.2, -0.15) is 0 Å². The third kappa shape index (κ3) is 5.59. The summed E-state index contributed by atoms with van der Waals surface area (Å²) in [7, 11) is -1.36. The lowest BCUT2D eigenvalue weighted by molar-refractivity contribution is -0.149. The van der Waals surface area contributed by atoms with Crippen molar-refractivity contribution in [1.29, 1.82) is 0 Å². The summed E-state index contributed by atoms with van der Waals surface area (Å²) in [6, 6.07) is 6.84. The molecule has 4 nitrogen and oxygen atoms in total. The number of nitrogens with one attached hydrogen (secondary N) is 1. The first-order valence-corrected chi connectivity index (χ1v) is 8.21. The summed E-state index contributed by atoms with van der Waals surface area (Å²) in [6.07, 6.45) is -0.213. The minimum absolute atomic E-state index is 0.213. The zero-order valence-corrected chi connectivity index (χ0v) is 14.4. The standard InChI is InChI=1S/C16H25NO3S/c1-11(2)20-15(18)14(17-21(19)16(4,5)6)13-9-7-8-12(3)10-13/h7-11,14,17H,1-6H3/t14-,21?/m1/s1. The van der Waals surface area contributed by atoms with Crippen molar-refractivity contribution in [2.75, 3.05) is 0 Å². The van der Waals surface area contributed by atoms with Crippen LogP contribution in [-0.2, 0) is 20.5 Å². The Morgan fingerprint density at radius 2 is 1.90 bits per heavy atom. The van der Waals surface area contributed by atoms with Crippen LogP contribution < -0.4 is 4.72 Å². The van der Waals surface area contributed by atoms with Gasteiger partial charge in [0.2, 0.25) is 0 Å². The van der Waals surface area contributed by atoms with Crippen LogP contribution in [0, 0.1) is 6.92 Å². The zero-order valence-electron chi connectivity index (χ0n) is 13.6. The van der Waals surface area contributed by atoms with Crippen LogP contribution >= 0.6 is 0 Å². The predicted molar refractivity (Wildman–Crippen MR) is 86.2 cm³/mol. The monoisotopic (exact) mass is 311 g/mol. The fourth-order valence-corrected chi connectivity index (χ4v) is 2.49. The van der Waals surface area contributed by atoms with E-state index in [4.69, 9.17) is 4.74 Å². The van der Waals surface area contributed by atoms with E-state index in [1.54, 1.807) is 13.8 Å².